The first-order chi connectivity index (χ1) is 8.63. The van der Waals surface area contributed by atoms with Crippen LogP contribution in [0.3, 0.4) is 0 Å². The van der Waals surface area contributed by atoms with E-state index in [4.69, 9.17) is 4.74 Å². The van der Waals surface area contributed by atoms with Gasteiger partial charge in [0.05, 0.1) is 6.61 Å². The molecule has 0 heterocycles. The predicted octanol–water partition coefficient (Wildman–Crippen LogP) is 2.66. The number of carbonyl (C=O) groups excluding carboxylic acids is 1. The maximum Gasteiger partial charge on any atom is 0.327 e. The van der Waals surface area contributed by atoms with E-state index in [1.54, 1.807) is 0 Å². The van der Waals surface area contributed by atoms with Gasteiger partial charge < -0.3 is 4.74 Å². The van der Waals surface area contributed by atoms with Crippen LogP contribution in [0.2, 0.25) is 0 Å². The minimum absolute atomic E-state index is 0.168. The van der Waals surface area contributed by atoms with Gasteiger partial charge in [-0.1, -0.05) is 18.2 Å². The highest BCUT2D eigenvalue weighted by Gasteiger charge is 2.31. The Balaban J connectivity index is 2.26. The molecule has 1 fully saturated rings. The third kappa shape index (κ3) is 2.91. The molecule has 1 aliphatic carbocycles. The van der Waals surface area contributed by atoms with Gasteiger partial charge in [-0.25, -0.2) is 4.79 Å². The topological polar surface area (TPSA) is 38.3 Å². The van der Waals surface area contributed by atoms with Gasteiger partial charge in [-0.05, 0) is 50.3 Å². The summed E-state index contributed by atoms with van der Waals surface area (Å²) in [6.45, 7) is 6.39. The van der Waals surface area contributed by atoms with E-state index in [0.717, 1.165) is 18.4 Å². The maximum absolute atomic E-state index is 12.1. The predicted molar refractivity (Wildman–Crippen MR) is 71.4 cm³/mol. The van der Waals surface area contributed by atoms with Gasteiger partial charge in [-0.15, -0.1) is 0 Å². The number of hydrogen-bond donors (Lipinski definition) is 1. The SMILES string of the molecule is CCOC(=O)C(NC1CC1)c1cccc(C)c1C. The molecule has 18 heavy (non-hydrogen) atoms. The lowest BCUT2D eigenvalue weighted by Gasteiger charge is -2.20. The van der Waals surface area contributed by atoms with Crippen LogP contribution in [-0.4, -0.2) is 18.6 Å². The van der Waals surface area contributed by atoms with Crippen LogP contribution < -0.4 is 5.32 Å². The standard InChI is InChI=1S/C15H21NO2/c1-4-18-15(17)14(16-12-8-9-12)13-7-5-6-10(2)11(13)3/h5-7,12,14,16H,4,8-9H2,1-3H3. The molecule has 0 aromatic heterocycles. The summed E-state index contributed by atoms with van der Waals surface area (Å²) in [5.74, 6) is -0.168. The van der Waals surface area contributed by atoms with Crippen LogP contribution in [0.15, 0.2) is 18.2 Å². The number of esters is 1. The Hall–Kier alpha value is -1.35. The molecule has 1 aromatic carbocycles. The zero-order valence-electron chi connectivity index (χ0n) is 11.3. The highest BCUT2D eigenvalue weighted by Crippen LogP contribution is 2.27. The Kier molecular flexibility index (Phi) is 4.02. The van der Waals surface area contributed by atoms with E-state index in [9.17, 15) is 4.79 Å². The number of benzene rings is 1. The summed E-state index contributed by atoms with van der Waals surface area (Å²) in [5, 5.41) is 3.39. The van der Waals surface area contributed by atoms with Crippen LogP contribution >= 0.6 is 0 Å². The molecular formula is C15H21NO2. The van der Waals surface area contributed by atoms with Crippen molar-refractivity contribution in [1.29, 1.82) is 0 Å². The number of aryl methyl sites for hydroxylation is 1. The van der Waals surface area contributed by atoms with Crippen LogP contribution in [0.4, 0.5) is 0 Å². The quantitative estimate of drug-likeness (QED) is 0.813. The minimum Gasteiger partial charge on any atom is -0.465 e. The first-order valence-corrected chi connectivity index (χ1v) is 6.62. The summed E-state index contributed by atoms with van der Waals surface area (Å²) in [6, 6.07) is 6.23. The molecule has 1 N–H and O–H groups in total. The van der Waals surface area contributed by atoms with Crippen molar-refractivity contribution in [2.75, 3.05) is 6.61 Å². The van der Waals surface area contributed by atoms with Crippen LogP contribution in [0.1, 0.15) is 42.5 Å². The van der Waals surface area contributed by atoms with E-state index < -0.39 is 0 Å². The van der Waals surface area contributed by atoms with Crippen molar-refractivity contribution in [3.63, 3.8) is 0 Å². The van der Waals surface area contributed by atoms with Crippen molar-refractivity contribution >= 4 is 5.97 Å². The Morgan fingerprint density at radius 3 is 2.78 bits per heavy atom. The second-order valence-corrected chi connectivity index (χ2v) is 4.92. The highest BCUT2D eigenvalue weighted by atomic mass is 16.5. The fourth-order valence-electron chi connectivity index (χ4n) is 2.08. The Morgan fingerprint density at radius 1 is 1.44 bits per heavy atom. The van der Waals surface area contributed by atoms with Gasteiger partial charge in [0, 0.05) is 6.04 Å². The molecular weight excluding hydrogens is 226 g/mol. The molecule has 1 aromatic rings. The molecule has 3 heteroatoms. The summed E-state index contributed by atoms with van der Waals surface area (Å²) in [7, 11) is 0. The molecule has 0 saturated heterocycles. The molecule has 0 aliphatic heterocycles. The molecule has 1 saturated carbocycles. The summed E-state index contributed by atoms with van der Waals surface area (Å²) in [4.78, 5) is 12.1. The zero-order valence-corrected chi connectivity index (χ0v) is 11.3. The first kappa shape index (κ1) is 13.1. The Labute approximate surface area is 109 Å². The maximum atomic E-state index is 12.1. The van der Waals surface area contributed by atoms with Crippen LogP contribution in [0.25, 0.3) is 0 Å². The lowest BCUT2D eigenvalue weighted by atomic mass is 9.97. The van der Waals surface area contributed by atoms with Gasteiger partial charge in [-0.3, -0.25) is 5.32 Å². The van der Waals surface area contributed by atoms with Gasteiger partial charge in [0.2, 0.25) is 0 Å². The molecule has 0 bridgehead atoms. The van der Waals surface area contributed by atoms with Crippen molar-refractivity contribution in [3.8, 4) is 0 Å². The van der Waals surface area contributed by atoms with Crippen molar-refractivity contribution in [2.45, 2.75) is 45.7 Å². The molecule has 1 atom stereocenters. The van der Waals surface area contributed by atoms with Gasteiger partial charge in [-0.2, -0.15) is 0 Å². The lowest BCUT2D eigenvalue weighted by molar-refractivity contribution is -0.145. The van der Waals surface area contributed by atoms with E-state index in [2.05, 4.69) is 25.2 Å². The first-order valence-electron chi connectivity index (χ1n) is 6.62. The van der Waals surface area contributed by atoms with Crippen LogP contribution in [0, 0.1) is 13.8 Å². The largest absolute Gasteiger partial charge is 0.465 e. The van der Waals surface area contributed by atoms with E-state index in [1.165, 1.54) is 11.1 Å². The average Bonchev–Trinajstić information content (AvgIpc) is 3.14. The number of ether oxygens (including phenoxy) is 1. The van der Waals surface area contributed by atoms with E-state index in [0.29, 0.717) is 12.6 Å². The van der Waals surface area contributed by atoms with Gasteiger partial charge >= 0.3 is 5.97 Å². The van der Waals surface area contributed by atoms with Crippen molar-refractivity contribution in [1.82, 2.24) is 5.32 Å². The zero-order chi connectivity index (χ0) is 13.1. The Morgan fingerprint density at radius 2 is 2.17 bits per heavy atom. The summed E-state index contributed by atoms with van der Waals surface area (Å²) in [5.41, 5.74) is 3.42. The molecule has 98 valence electrons. The van der Waals surface area contributed by atoms with Crippen molar-refractivity contribution in [2.24, 2.45) is 0 Å². The summed E-state index contributed by atoms with van der Waals surface area (Å²) >= 11 is 0. The third-order valence-electron chi connectivity index (χ3n) is 3.46. The van der Waals surface area contributed by atoms with Crippen molar-refractivity contribution < 1.29 is 9.53 Å². The molecule has 3 nitrogen and oxygen atoms in total. The van der Waals surface area contributed by atoms with Gasteiger partial charge in [0.1, 0.15) is 6.04 Å². The summed E-state index contributed by atoms with van der Waals surface area (Å²) < 4.78 is 5.18. The van der Waals surface area contributed by atoms with Crippen molar-refractivity contribution in [3.05, 3.63) is 34.9 Å². The minimum atomic E-state index is -0.322. The lowest BCUT2D eigenvalue weighted by Crippen LogP contribution is -2.32. The number of rotatable bonds is 5. The van der Waals surface area contributed by atoms with Gasteiger partial charge in [0.25, 0.3) is 0 Å². The van der Waals surface area contributed by atoms with E-state index in [1.807, 2.05) is 19.1 Å². The van der Waals surface area contributed by atoms with Gasteiger partial charge in [0.15, 0.2) is 0 Å². The third-order valence-corrected chi connectivity index (χ3v) is 3.46. The fraction of sp³-hybridized carbons (Fsp3) is 0.533. The highest BCUT2D eigenvalue weighted by molar-refractivity contribution is 5.78. The molecule has 1 aliphatic rings. The summed E-state index contributed by atoms with van der Waals surface area (Å²) in [6.07, 6.45) is 2.31. The molecule has 0 spiro atoms. The molecule has 1 unspecified atom stereocenters. The smallest absolute Gasteiger partial charge is 0.327 e. The second kappa shape index (κ2) is 5.53. The number of carbonyl (C=O) groups is 1. The Bertz CT molecular complexity index is 438. The normalized spacial score (nSPS) is 16.4. The fourth-order valence-corrected chi connectivity index (χ4v) is 2.08. The van der Waals surface area contributed by atoms with Crippen LogP contribution in [-0.2, 0) is 9.53 Å². The molecule has 0 radical (unpaired) electrons. The second-order valence-electron chi connectivity index (χ2n) is 4.92. The van der Waals surface area contributed by atoms with Crippen LogP contribution in [0.5, 0.6) is 0 Å². The van der Waals surface area contributed by atoms with E-state index >= 15 is 0 Å². The number of nitrogens with one attached hydrogen (secondary N) is 1. The number of hydrogen-bond acceptors (Lipinski definition) is 3. The van der Waals surface area contributed by atoms with E-state index in [-0.39, 0.29) is 12.0 Å². The molecule has 2 rings (SSSR count). The monoisotopic (exact) mass is 247 g/mol. The average molecular weight is 247 g/mol. The molecule has 0 amide bonds.